The van der Waals surface area contributed by atoms with Crippen molar-refractivity contribution in [2.24, 2.45) is 0 Å². The highest BCUT2D eigenvalue weighted by Gasteiger charge is 2.08. The van der Waals surface area contributed by atoms with Crippen LogP contribution in [0.4, 0.5) is 5.69 Å². The van der Waals surface area contributed by atoms with Crippen molar-refractivity contribution in [3.63, 3.8) is 0 Å². The molecule has 2 aromatic rings. The first-order chi connectivity index (χ1) is 10.2. The van der Waals surface area contributed by atoms with E-state index in [9.17, 15) is 0 Å². The zero-order valence-corrected chi connectivity index (χ0v) is 12.9. The lowest BCUT2D eigenvalue weighted by Gasteiger charge is -2.19. The SMILES string of the molecule is CCC(CNc1ccc(OC)cc1)Oc1cccc(C)c1. The standard InChI is InChI=1S/C18H23NO2/c1-4-16(21-18-7-5-6-14(2)12-18)13-19-15-8-10-17(20-3)11-9-15/h5-12,16,19H,4,13H2,1-3H3. The second-order valence-corrected chi connectivity index (χ2v) is 5.07. The number of nitrogens with one attached hydrogen (secondary N) is 1. The smallest absolute Gasteiger partial charge is 0.120 e. The first kappa shape index (κ1) is 15.2. The number of anilines is 1. The second-order valence-electron chi connectivity index (χ2n) is 5.07. The molecule has 0 aliphatic rings. The third-order valence-electron chi connectivity index (χ3n) is 3.37. The number of rotatable bonds is 7. The lowest BCUT2D eigenvalue weighted by molar-refractivity contribution is 0.210. The lowest BCUT2D eigenvalue weighted by atomic mass is 10.2. The molecule has 0 spiro atoms. The Kier molecular flexibility index (Phi) is 5.50. The highest BCUT2D eigenvalue weighted by atomic mass is 16.5. The maximum absolute atomic E-state index is 6.02. The maximum Gasteiger partial charge on any atom is 0.120 e. The summed E-state index contributed by atoms with van der Waals surface area (Å²) in [5, 5.41) is 3.40. The quantitative estimate of drug-likeness (QED) is 0.824. The van der Waals surface area contributed by atoms with Crippen LogP contribution in [-0.4, -0.2) is 19.8 Å². The first-order valence-corrected chi connectivity index (χ1v) is 7.32. The van der Waals surface area contributed by atoms with Crippen LogP contribution in [-0.2, 0) is 0 Å². The van der Waals surface area contributed by atoms with Gasteiger partial charge in [0, 0.05) is 5.69 Å². The molecule has 112 valence electrons. The molecule has 0 saturated carbocycles. The summed E-state index contributed by atoms with van der Waals surface area (Å²) in [5.41, 5.74) is 2.28. The van der Waals surface area contributed by atoms with E-state index >= 15 is 0 Å². The summed E-state index contributed by atoms with van der Waals surface area (Å²) < 4.78 is 11.2. The second kappa shape index (κ2) is 7.58. The van der Waals surface area contributed by atoms with Crippen molar-refractivity contribution in [2.45, 2.75) is 26.4 Å². The molecular formula is C18H23NO2. The molecule has 21 heavy (non-hydrogen) atoms. The van der Waals surface area contributed by atoms with Gasteiger partial charge in [-0.3, -0.25) is 0 Å². The maximum atomic E-state index is 6.02. The minimum absolute atomic E-state index is 0.147. The van der Waals surface area contributed by atoms with Crippen molar-refractivity contribution in [2.75, 3.05) is 19.0 Å². The van der Waals surface area contributed by atoms with Gasteiger partial charge in [-0.2, -0.15) is 0 Å². The summed E-state index contributed by atoms with van der Waals surface area (Å²) in [7, 11) is 1.67. The topological polar surface area (TPSA) is 30.5 Å². The first-order valence-electron chi connectivity index (χ1n) is 7.32. The predicted octanol–water partition coefficient (Wildman–Crippen LogP) is 4.27. The van der Waals surface area contributed by atoms with Crippen LogP contribution >= 0.6 is 0 Å². The number of methoxy groups -OCH3 is 1. The van der Waals surface area contributed by atoms with E-state index in [4.69, 9.17) is 9.47 Å². The van der Waals surface area contributed by atoms with Crippen LogP contribution in [0.25, 0.3) is 0 Å². The molecule has 0 aromatic heterocycles. The Balaban J connectivity index is 1.89. The van der Waals surface area contributed by atoms with Crippen LogP contribution in [0.2, 0.25) is 0 Å². The van der Waals surface area contributed by atoms with Crippen molar-refractivity contribution < 1.29 is 9.47 Å². The van der Waals surface area contributed by atoms with E-state index in [1.165, 1.54) is 5.56 Å². The van der Waals surface area contributed by atoms with Crippen LogP contribution in [0, 0.1) is 6.92 Å². The van der Waals surface area contributed by atoms with E-state index in [0.717, 1.165) is 30.2 Å². The van der Waals surface area contributed by atoms with Gasteiger partial charge in [-0.15, -0.1) is 0 Å². The number of ether oxygens (including phenoxy) is 2. The Hall–Kier alpha value is -2.16. The minimum atomic E-state index is 0.147. The van der Waals surface area contributed by atoms with Gasteiger partial charge in [0.2, 0.25) is 0 Å². The highest BCUT2D eigenvalue weighted by Crippen LogP contribution is 2.17. The molecule has 0 radical (unpaired) electrons. The molecule has 0 amide bonds. The van der Waals surface area contributed by atoms with E-state index in [-0.39, 0.29) is 6.10 Å². The van der Waals surface area contributed by atoms with Gasteiger partial charge in [0.15, 0.2) is 0 Å². The Morgan fingerprint density at radius 3 is 2.43 bits per heavy atom. The van der Waals surface area contributed by atoms with Gasteiger partial charge < -0.3 is 14.8 Å². The number of hydrogen-bond acceptors (Lipinski definition) is 3. The number of aryl methyl sites for hydroxylation is 1. The zero-order valence-electron chi connectivity index (χ0n) is 12.9. The molecular weight excluding hydrogens is 262 g/mol. The van der Waals surface area contributed by atoms with E-state index in [2.05, 4.69) is 31.3 Å². The van der Waals surface area contributed by atoms with Gasteiger partial charge in [0.25, 0.3) is 0 Å². The fraction of sp³-hybridized carbons (Fsp3) is 0.333. The molecule has 2 aromatic carbocycles. The van der Waals surface area contributed by atoms with Crippen LogP contribution < -0.4 is 14.8 Å². The molecule has 0 fully saturated rings. The minimum Gasteiger partial charge on any atom is -0.497 e. The van der Waals surface area contributed by atoms with Crippen molar-refractivity contribution in [1.82, 2.24) is 0 Å². The molecule has 2 rings (SSSR count). The third-order valence-corrected chi connectivity index (χ3v) is 3.37. The van der Waals surface area contributed by atoms with E-state index in [0.29, 0.717) is 0 Å². The molecule has 1 unspecified atom stereocenters. The van der Waals surface area contributed by atoms with Crippen molar-refractivity contribution in [1.29, 1.82) is 0 Å². The summed E-state index contributed by atoms with van der Waals surface area (Å²) in [6.45, 7) is 4.98. The fourth-order valence-electron chi connectivity index (χ4n) is 2.09. The van der Waals surface area contributed by atoms with E-state index < -0.39 is 0 Å². The largest absolute Gasteiger partial charge is 0.497 e. The molecule has 3 heteroatoms. The zero-order chi connectivity index (χ0) is 15.1. The van der Waals surface area contributed by atoms with Crippen molar-refractivity contribution in [3.05, 3.63) is 54.1 Å². The molecule has 0 aliphatic carbocycles. The van der Waals surface area contributed by atoms with Gasteiger partial charge in [0.05, 0.1) is 13.7 Å². The Labute approximate surface area is 126 Å². The van der Waals surface area contributed by atoms with E-state index in [1.54, 1.807) is 7.11 Å². The summed E-state index contributed by atoms with van der Waals surface area (Å²) in [6.07, 6.45) is 1.10. The van der Waals surface area contributed by atoms with Crippen molar-refractivity contribution >= 4 is 5.69 Å². The Morgan fingerprint density at radius 2 is 1.81 bits per heavy atom. The monoisotopic (exact) mass is 285 g/mol. The predicted molar refractivity (Wildman–Crippen MR) is 87.4 cm³/mol. The molecule has 1 N–H and O–H groups in total. The van der Waals surface area contributed by atoms with Crippen LogP contribution in [0.5, 0.6) is 11.5 Å². The summed E-state index contributed by atoms with van der Waals surface area (Å²) in [6, 6.07) is 16.1. The lowest BCUT2D eigenvalue weighted by Crippen LogP contribution is -2.25. The van der Waals surface area contributed by atoms with Gasteiger partial charge in [-0.1, -0.05) is 19.1 Å². The van der Waals surface area contributed by atoms with Crippen LogP contribution in [0.3, 0.4) is 0 Å². The molecule has 1 atom stereocenters. The Morgan fingerprint density at radius 1 is 1.05 bits per heavy atom. The van der Waals surface area contributed by atoms with Gasteiger partial charge in [-0.25, -0.2) is 0 Å². The number of benzene rings is 2. The molecule has 3 nitrogen and oxygen atoms in total. The molecule has 0 aliphatic heterocycles. The van der Waals surface area contributed by atoms with Crippen LogP contribution in [0.15, 0.2) is 48.5 Å². The summed E-state index contributed by atoms with van der Waals surface area (Å²) >= 11 is 0. The Bertz CT molecular complexity index is 551. The third kappa shape index (κ3) is 4.71. The molecule has 0 bridgehead atoms. The highest BCUT2D eigenvalue weighted by molar-refractivity contribution is 5.46. The summed E-state index contributed by atoms with van der Waals surface area (Å²) in [5.74, 6) is 1.79. The van der Waals surface area contributed by atoms with Gasteiger partial charge in [0.1, 0.15) is 17.6 Å². The van der Waals surface area contributed by atoms with Gasteiger partial charge >= 0.3 is 0 Å². The van der Waals surface area contributed by atoms with Crippen molar-refractivity contribution in [3.8, 4) is 11.5 Å². The normalized spacial score (nSPS) is 11.8. The average molecular weight is 285 g/mol. The molecule has 0 saturated heterocycles. The van der Waals surface area contributed by atoms with Gasteiger partial charge in [-0.05, 0) is 55.3 Å². The fourth-order valence-corrected chi connectivity index (χ4v) is 2.09. The van der Waals surface area contributed by atoms with E-state index in [1.807, 2.05) is 36.4 Å². The molecule has 0 heterocycles. The average Bonchev–Trinajstić information content (AvgIpc) is 2.52. The number of hydrogen-bond donors (Lipinski definition) is 1. The van der Waals surface area contributed by atoms with Crippen LogP contribution in [0.1, 0.15) is 18.9 Å². The summed E-state index contributed by atoms with van der Waals surface area (Å²) in [4.78, 5) is 0.